The molecule has 0 spiro atoms. The van der Waals surface area contributed by atoms with Crippen molar-refractivity contribution in [2.75, 3.05) is 19.1 Å². The summed E-state index contributed by atoms with van der Waals surface area (Å²) in [5.74, 6) is 0.751. The summed E-state index contributed by atoms with van der Waals surface area (Å²) in [7, 11) is 3.77. The first kappa shape index (κ1) is 29.6. The maximum absolute atomic E-state index is 13.5. The van der Waals surface area contributed by atoms with Gasteiger partial charge in [-0.1, -0.05) is 42.0 Å². The number of carbonyl (C=O) groups is 2. The van der Waals surface area contributed by atoms with Crippen molar-refractivity contribution >= 4 is 19.3 Å². The van der Waals surface area contributed by atoms with Crippen LogP contribution in [0.2, 0.25) is 0 Å². The van der Waals surface area contributed by atoms with E-state index in [1.165, 1.54) is 27.8 Å². The SMILES string of the molecule is C=O.C=O.COc1cccc(CCC2CCc3ccc(F)cc3N2C)c1.Cc1ccc(C)c(C)c1. The van der Waals surface area contributed by atoms with Gasteiger partial charge in [0.25, 0.3) is 0 Å². The van der Waals surface area contributed by atoms with Gasteiger partial charge in [-0.3, -0.25) is 0 Å². The van der Waals surface area contributed by atoms with E-state index in [-0.39, 0.29) is 5.82 Å². The summed E-state index contributed by atoms with van der Waals surface area (Å²) in [6.07, 6.45) is 4.23. The van der Waals surface area contributed by atoms with E-state index in [9.17, 15) is 4.39 Å². The molecule has 0 radical (unpaired) electrons. The normalized spacial score (nSPS) is 13.5. The third kappa shape index (κ3) is 9.01. The molecule has 4 rings (SSSR count). The molecule has 4 nitrogen and oxygen atoms in total. The molecule has 0 saturated heterocycles. The Labute approximate surface area is 209 Å². The fourth-order valence-corrected chi connectivity index (χ4v) is 4.18. The number of carbonyl (C=O) groups excluding carboxylic acids is 2. The molecule has 1 aliphatic heterocycles. The van der Waals surface area contributed by atoms with Gasteiger partial charge in [-0.05, 0) is 93.0 Å². The highest BCUT2D eigenvalue weighted by atomic mass is 19.1. The summed E-state index contributed by atoms with van der Waals surface area (Å²) in [6, 6.07) is 20.3. The monoisotopic (exact) mass is 479 g/mol. The van der Waals surface area contributed by atoms with Crippen LogP contribution in [0.1, 0.15) is 40.7 Å². The van der Waals surface area contributed by atoms with Crippen molar-refractivity contribution in [3.05, 3.63) is 94.3 Å². The fraction of sp³-hybridized carbons (Fsp3) is 0.333. The van der Waals surface area contributed by atoms with Gasteiger partial charge in [-0.15, -0.1) is 0 Å². The van der Waals surface area contributed by atoms with Gasteiger partial charge >= 0.3 is 0 Å². The molecule has 3 aromatic carbocycles. The molecule has 3 aromatic rings. The molecule has 35 heavy (non-hydrogen) atoms. The van der Waals surface area contributed by atoms with E-state index < -0.39 is 0 Å². The van der Waals surface area contributed by atoms with Crippen LogP contribution in [0.25, 0.3) is 0 Å². The van der Waals surface area contributed by atoms with E-state index in [4.69, 9.17) is 14.3 Å². The van der Waals surface area contributed by atoms with Crippen molar-refractivity contribution < 1.29 is 18.7 Å². The standard InChI is InChI=1S/C19H22FNO.C9H12.2CH2O/c1-21-17(10-6-14-4-3-5-18(12-14)22-2)11-8-15-7-9-16(20)13-19(15)21;1-7-4-5-8(2)9(3)6-7;2*1-2/h3-5,7,9,12-13,17H,6,8,10-11H2,1-2H3;4-6H,1-3H3;2*1H2. The Hall–Kier alpha value is -3.47. The molecular weight excluding hydrogens is 441 g/mol. The lowest BCUT2D eigenvalue weighted by atomic mass is 9.92. The Morgan fingerprint density at radius 1 is 0.943 bits per heavy atom. The Morgan fingerprint density at radius 2 is 1.66 bits per heavy atom. The zero-order valence-electron chi connectivity index (χ0n) is 21.6. The molecule has 0 N–H and O–H groups in total. The van der Waals surface area contributed by atoms with Crippen LogP contribution in [0.3, 0.4) is 0 Å². The smallest absolute Gasteiger partial charge is 0.125 e. The van der Waals surface area contributed by atoms with Crippen LogP contribution in [0.4, 0.5) is 10.1 Å². The molecule has 5 heteroatoms. The first-order chi connectivity index (χ1) is 16.9. The van der Waals surface area contributed by atoms with E-state index >= 15 is 0 Å². The third-order valence-electron chi connectivity index (χ3n) is 6.28. The van der Waals surface area contributed by atoms with E-state index in [2.05, 4.69) is 63.1 Å². The van der Waals surface area contributed by atoms with Gasteiger partial charge in [-0.25, -0.2) is 4.39 Å². The predicted octanol–water partition coefficient (Wildman–Crippen LogP) is 6.46. The summed E-state index contributed by atoms with van der Waals surface area (Å²) in [5.41, 5.74) is 7.69. The molecule has 1 atom stereocenters. The Kier molecular flexibility index (Phi) is 13.0. The maximum Gasteiger partial charge on any atom is 0.125 e. The van der Waals surface area contributed by atoms with Gasteiger partial charge in [0.05, 0.1) is 7.11 Å². The van der Waals surface area contributed by atoms with E-state index in [1.807, 2.05) is 31.8 Å². The molecule has 0 amide bonds. The topological polar surface area (TPSA) is 46.6 Å². The Bertz CT molecular complexity index is 1050. The number of benzene rings is 3. The first-order valence-electron chi connectivity index (χ1n) is 11.6. The van der Waals surface area contributed by atoms with Gasteiger partial charge in [-0.2, -0.15) is 0 Å². The van der Waals surface area contributed by atoms with E-state index in [1.54, 1.807) is 19.2 Å². The van der Waals surface area contributed by atoms with Crippen molar-refractivity contribution in [1.82, 2.24) is 0 Å². The van der Waals surface area contributed by atoms with Crippen molar-refractivity contribution in [3.63, 3.8) is 0 Å². The second-order valence-electron chi connectivity index (χ2n) is 8.55. The second kappa shape index (κ2) is 15.4. The number of rotatable bonds is 4. The number of aryl methyl sites for hydroxylation is 5. The summed E-state index contributed by atoms with van der Waals surface area (Å²) >= 11 is 0. The largest absolute Gasteiger partial charge is 0.497 e. The number of fused-ring (bicyclic) bond motifs is 1. The number of hydrogen-bond donors (Lipinski definition) is 0. The van der Waals surface area contributed by atoms with Crippen molar-refractivity contribution in [1.29, 1.82) is 0 Å². The lowest BCUT2D eigenvalue weighted by Gasteiger charge is -2.36. The van der Waals surface area contributed by atoms with Crippen molar-refractivity contribution in [3.8, 4) is 5.75 Å². The van der Waals surface area contributed by atoms with Gasteiger partial charge in [0.2, 0.25) is 0 Å². The number of anilines is 1. The minimum absolute atomic E-state index is 0.154. The average Bonchev–Trinajstić information content (AvgIpc) is 2.89. The maximum atomic E-state index is 13.5. The molecule has 0 bridgehead atoms. The van der Waals surface area contributed by atoms with Gasteiger partial charge in [0.15, 0.2) is 0 Å². The highest BCUT2D eigenvalue weighted by Crippen LogP contribution is 2.32. The molecule has 0 fully saturated rings. The number of nitrogens with zero attached hydrogens (tertiary/aromatic N) is 1. The summed E-state index contributed by atoms with van der Waals surface area (Å²) in [4.78, 5) is 18.2. The predicted molar refractivity (Wildman–Crippen MR) is 143 cm³/mol. The van der Waals surface area contributed by atoms with Crippen LogP contribution in [-0.2, 0) is 22.4 Å². The highest BCUT2D eigenvalue weighted by Gasteiger charge is 2.23. The van der Waals surface area contributed by atoms with Crippen LogP contribution in [0.15, 0.2) is 60.7 Å². The van der Waals surface area contributed by atoms with Crippen LogP contribution >= 0.6 is 0 Å². The fourth-order valence-electron chi connectivity index (χ4n) is 4.18. The van der Waals surface area contributed by atoms with Crippen molar-refractivity contribution in [2.45, 2.75) is 52.5 Å². The lowest BCUT2D eigenvalue weighted by molar-refractivity contribution is -0.0987. The van der Waals surface area contributed by atoms with E-state index in [0.29, 0.717) is 6.04 Å². The van der Waals surface area contributed by atoms with Crippen LogP contribution in [-0.4, -0.2) is 33.8 Å². The number of hydrogen-bond acceptors (Lipinski definition) is 4. The lowest BCUT2D eigenvalue weighted by Crippen LogP contribution is -2.36. The molecule has 0 aromatic heterocycles. The number of ether oxygens (including phenoxy) is 1. The number of halogens is 1. The first-order valence-corrected chi connectivity index (χ1v) is 11.6. The van der Waals surface area contributed by atoms with Gasteiger partial charge in [0.1, 0.15) is 25.1 Å². The highest BCUT2D eigenvalue weighted by molar-refractivity contribution is 5.56. The zero-order chi connectivity index (χ0) is 26.4. The van der Waals surface area contributed by atoms with Gasteiger partial charge < -0.3 is 19.2 Å². The molecule has 188 valence electrons. The van der Waals surface area contributed by atoms with Crippen LogP contribution in [0, 0.1) is 26.6 Å². The minimum Gasteiger partial charge on any atom is -0.497 e. The summed E-state index contributed by atoms with van der Waals surface area (Å²) in [5, 5.41) is 0. The zero-order valence-corrected chi connectivity index (χ0v) is 21.6. The minimum atomic E-state index is -0.154. The summed E-state index contributed by atoms with van der Waals surface area (Å²) in [6.45, 7) is 10.4. The molecule has 0 aliphatic carbocycles. The molecule has 1 aliphatic rings. The average molecular weight is 480 g/mol. The van der Waals surface area contributed by atoms with E-state index in [0.717, 1.165) is 37.1 Å². The molecule has 1 unspecified atom stereocenters. The van der Waals surface area contributed by atoms with Crippen molar-refractivity contribution in [2.24, 2.45) is 0 Å². The van der Waals surface area contributed by atoms with Crippen LogP contribution < -0.4 is 9.64 Å². The molecule has 0 saturated carbocycles. The quantitative estimate of drug-likeness (QED) is 0.431. The Morgan fingerprint density at radius 3 is 2.29 bits per heavy atom. The summed E-state index contributed by atoms with van der Waals surface area (Å²) < 4.78 is 18.8. The number of methoxy groups -OCH3 is 1. The molecular formula is C30H38FNO3. The van der Waals surface area contributed by atoms with Gasteiger partial charge in [0, 0.05) is 18.8 Å². The molecule has 1 heterocycles. The second-order valence-corrected chi connectivity index (χ2v) is 8.55. The van der Waals surface area contributed by atoms with Crippen LogP contribution in [0.5, 0.6) is 5.75 Å². The Balaban J connectivity index is 0.000000394. The third-order valence-corrected chi connectivity index (χ3v) is 6.28.